The first-order valence-electron chi connectivity index (χ1n) is 16.2. The Morgan fingerprint density at radius 1 is 1.00 bits per heavy atom. The van der Waals surface area contributed by atoms with Crippen molar-refractivity contribution in [3.8, 4) is 39.2 Å². The fraction of sp³-hybridized carbons (Fsp3) is 0.444. The largest absolute Gasteiger partial charge is 0.497 e. The topological polar surface area (TPSA) is 40.2 Å². The minimum Gasteiger partial charge on any atom is -0.497 e. The zero-order valence-corrected chi connectivity index (χ0v) is 27.2. The fourth-order valence-corrected chi connectivity index (χ4v) is 7.66. The van der Waals surface area contributed by atoms with E-state index in [4.69, 9.17) is 23.1 Å². The van der Waals surface area contributed by atoms with E-state index in [0.717, 1.165) is 32.7 Å². The van der Waals surface area contributed by atoms with Gasteiger partial charge in [-0.05, 0) is 132 Å². The zero-order valence-electron chi connectivity index (χ0n) is 29.4. The van der Waals surface area contributed by atoms with E-state index >= 15 is 0 Å². The summed E-state index contributed by atoms with van der Waals surface area (Å²) in [7, 11) is 3.08. The van der Waals surface area contributed by atoms with E-state index in [1.807, 2.05) is 44.2 Å². The lowest BCUT2D eigenvalue weighted by molar-refractivity contribution is -0.0169. The van der Waals surface area contributed by atoms with E-state index in [2.05, 4.69) is 32.6 Å². The Labute approximate surface area is 259 Å². The molecule has 224 valence electrons. The summed E-state index contributed by atoms with van der Waals surface area (Å²) in [5, 5.41) is 0.882. The number of benzene rings is 3. The van der Waals surface area contributed by atoms with Crippen molar-refractivity contribution in [2.24, 2.45) is 0 Å². The monoisotopic (exact) mass is 590 g/mol. The Bertz CT molecular complexity index is 1700. The second kappa shape index (κ2) is 12.2. The molecule has 0 aliphatic carbocycles. The first-order chi connectivity index (χ1) is 21.3. The van der Waals surface area contributed by atoms with Gasteiger partial charge in [-0.15, -0.1) is 11.3 Å². The van der Waals surface area contributed by atoms with Crippen LogP contribution in [-0.4, -0.2) is 43.3 Å². The van der Waals surface area contributed by atoms with E-state index in [0.29, 0.717) is 40.2 Å². The summed E-state index contributed by atoms with van der Waals surface area (Å²) < 4.78 is 51.0. The third-order valence-electron chi connectivity index (χ3n) is 8.48. The lowest BCUT2D eigenvalue weighted by Crippen LogP contribution is -2.57. The first kappa shape index (κ1) is 26.4. The van der Waals surface area contributed by atoms with Crippen LogP contribution in [0.3, 0.4) is 0 Å². The van der Waals surface area contributed by atoms with Gasteiger partial charge in [0.1, 0.15) is 29.6 Å². The van der Waals surface area contributed by atoms with E-state index in [1.54, 1.807) is 14.0 Å². The molecule has 1 aliphatic heterocycles. The molecule has 3 aromatic carbocycles. The van der Waals surface area contributed by atoms with Crippen LogP contribution in [0.1, 0.15) is 67.8 Å². The number of aryl methyl sites for hydroxylation is 2. The second-order valence-electron chi connectivity index (χ2n) is 12.1. The molecule has 0 spiro atoms. The number of hydrogen-bond acceptors (Lipinski definition) is 6. The van der Waals surface area contributed by atoms with Crippen LogP contribution in [0, 0.1) is 20.8 Å². The van der Waals surface area contributed by atoms with E-state index < -0.39 is 0 Å². The Balaban J connectivity index is 1.51. The second-order valence-corrected chi connectivity index (χ2v) is 13.2. The van der Waals surface area contributed by atoms with Gasteiger partial charge >= 0.3 is 0 Å². The highest BCUT2D eigenvalue weighted by atomic mass is 32.1. The van der Waals surface area contributed by atoms with Gasteiger partial charge in [-0.1, -0.05) is 6.42 Å². The lowest BCUT2D eigenvalue weighted by Gasteiger charge is -2.49. The van der Waals surface area contributed by atoms with Gasteiger partial charge < -0.3 is 18.9 Å². The first-order valence-corrected chi connectivity index (χ1v) is 15.6. The number of nitrogens with zero attached hydrogens (tertiary/aromatic N) is 1. The molecule has 2 heterocycles. The molecule has 0 amide bonds. The zero-order chi connectivity index (χ0) is 32.8. The van der Waals surface area contributed by atoms with Crippen LogP contribution in [0.4, 0.5) is 0 Å². The van der Waals surface area contributed by atoms with Gasteiger partial charge in [0.15, 0.2) is 5.75 Å². The van der Waals surface area contributed by atoms with Gasteiger partial charge in [0.2, 0.25) is 0 Å². The fourth-order valence-electron chi connectivity index (χ4n) is 6.46. The summed E-state index contributed by atoms with van der Waals surface area (Å²) >= 11 is 1.47. The number of rotatable bonds is 9. The van der Waals surface area contributed by atoms with Crippen molar-refractivity contribution in [1.29, 1.82) is 0 Å². The van der Waals surface area contributed by atoms with E-state index in [9.17, 15) is 0 Å². The smallest absolute Gasteiger partial charge is 0.153 e. The molecular formula is C36H45NO4S. The molecule has 1 aliphatic rings. The maximum absolute atomic E-state index is 8.90. The highest BCUT2D eigenvalue weighted by molar-refractivity contribution is 7.22. The van der Waals surface area contributed by atoms with Gasteiger partial charge in [-0.25, -0.2) is 0 Å². The number of piperidine rings is 1. The van der Waals surface area contributed by atoms with Gasteiger partial charge in [-0.2, -0.15) is 0 Å². The SMILES string of the molecule is [2H]c1c([2H])c(-c2sc3cc(OC)c(C)cc3c2Oc2ccc(OCC(C)N3C(C)CCCC3(C)C)cc2C)c(C)c([2H])c1OC. The van der Waals surface area contributed by atoms with Crippen molar-refractivity contribution >= 4 is 21.4 Å². The molecule has 1 aromatic heterocycles. The van der Waals surface area contributed by atoms with Crippen molar-refractivity contribution in [2.45, 2.75) is 85.4 Å². The summed E-state index contributed by atoms with van der Waals surface area (Å²) in [6.07, 6.45) is 3.68. The highest BCUT2D eigenvalue weighted by Crippen LogP contribution is 2.49. The number of likely N-dealkylation sites (tertiary alicyclic amines) is 1. The molecule has 1 fully saturated rings. The third kappa shape index (κ3) is 5.97. The Kier molecular flexibility index (Phi) is 7.66. The molecule has 42 heavy (non-hydrogen) atoms. The molecule has 2 unspecified atom stereocenters. The number of methoxy groups -OCH3 is 2. The molecule has 6 heteroatoms. The predicted octanol–water partition coefficient (Wildman–Crippen LogP) is 9.72. The van der Waals surface area contributed by atoms with Crippen molar-refractivity contribution in [2.75, 3.05) is 20.8 Å². The predicted molar refractivity (Wildman–Crippen MR) is 175 cm³/mol. The Morgan fingerprint density at radius 3 is 2.45 bits per heavy atom. The Morgan fingerprint density at radius 2 is 1.76 bits per heavy atom. The summed E-state index contributed by atoms with van der Waals surface area (Å²) in [5.74, 6) is 2.92. The van der Waals surface area contributed by atoms with Crippen LogP contribution in [0.2, 0.25) is 0 Å². The van der Waals surface area contributed by atoms with Gasteiger partial charge in [-0.3, -0.25) is 4.90 Å². The summed E-state index contributed by atoms with van der Waals surface area (Å²) in [4.78, 5) is 3.30. The lowest BCUT2D eigenvalue weighted by atomic mass is 9.85. The molecule has 0 radical (unpaired) electrons. The van der Waals surface area contributed by atoms with Crippen LogP contribution in [0.25, 0.3) is 20.5 Å². The molecule has 0 bridgehead atoms. The minimum absolute atomic E-state index is 0.00114. The van der Waals surface area contributed by atoms with Crippen LogP contribution in [0.15, 0.2) is 48.5 Å². The number of ether oxygens (including phenoxy) is 4. The van der Waals surface area contributed by atoms with Gasteiger partial charge in [0.25, 0.3) is 0 Å². The molecule has 0 saturated carbocycles. The standard InChI is InChI=1S/C36H45NO4S/c1-22-17-27(38-8)12-14-29(22)35-34(30-19-24(3)32(39-9)20-33(30)42-35)41-31-15-13-28(18-23(31)2)40-21-26(5)37-25(4)11-10-16-36(37,6)7/h12-15,17-20,25-26H,10-11,16,21H2,1-9H3/i12D,14D,17D. The van der Waals surface area contributed by atoms with Crippen molar-refractivity contribution < 1.29 is 23.1 Å². The van der Waals surface area contributed by atoms with E-state index in [-0.39, 0.29) is 35.5 Å². The van der Waals surface area contributed by atoms with Crippen molar-refractivity contribution in [1.82, 2.24) is 4.90 Å². The Hall–Kier alpha value is -3.22. The summed E-state index contributed by atoms with van der Waals surface area (Å²) in [5.41, 5.74) is 3.09. The van der Waals surface area contributed by atoms with Crippen LogP contribution in [-0.2, 0) is 0 Å². The number of fused-ring (bicyclic) bond motifs is 1. The molecular weight excluding hydrogens is 542 g/mol. The van der Waals surface area contributed by atoms with Crippen LogP contribution in [0.5, 0.6) is 28.7 Å². The van der Waals surface area contributed by atoms with Crippen LogP contribution >= 0.6 is 11.3 Å². The quantitative estimate of drug-likeness (QED) is 0.194. The number of hydrogen-bond donors (Lipinski definition) is 0. The maximum Gasteiger partial charge on any atom is 0.153 e. The van der Waals surface area contributed by atoms with Crippen molar-refractivity contribution in [3.63, 3.8) is 0 Å². The highest BCUT2D eigenvalue weighted by Gasteiger charge is 2.37. The van der Waals surface area contributed by atoms with Gasteiger partial charge in [0.05, 0.1) is 23.2 Å². The normalized spacial score (nSPS) is 18.7. The third-order valence-corrected chi connectivity index (χ3v) is 9.63. The molecule has 4 aromatic rings. The van der Waals surface area contributed by atoms with Gasteiger partial charge in [0, 0.05) is 27.7 Å². The van der Waals surface area contributed by atoms with Crippen molar-refractivity contribution in [3.05, 3.63) is 65.1 Å². The summed E-state index contributed by atoms with van der Waals surface area (Å²) in [6, 6.07) is 10.7. The van der Waals surface area contributed by atoms with Crippen LogP contribution < -0.4 is 18.9 Å². The molecule has 1 saturated heterocycles. The summed E-state index contributed by atoms with van der Waals surface area (Å²) in [6.45, 7) is 15.6. The minimum atomic E-state index is -0.116. The molecule has 5 rings (SSSR count). The average Bonchev–Trinajstić information content (AvgIpc) is 3.31. The average molecular weight is 591 g/mol. The number of thiophene rings is 1. The molecule has 2 atom stereocenters. The molecule has 5 nitrogen and oxygen atoms in total. The molecule has 0 N–H and O–H groups in total. The van der Waals surface area contributed by atoms with E-state index in [1.165, 1.54) is 37.7 Å². The maximum atomic E-state index is 8.90.